The van der Waals surface area contributed by atoms with E-state index in [1.165, 1.54) is 0 Å². The van der Waals surface area contributed by atoms with Gasteiger partial charge in [-0.2, -0.15) is 0 Å². The number of rotatable bonds is 6. The van der Waals surface area contributed by atoms with Crippen LogP contribution in [0.5, 0.6) is 0 Å². The summed E-state index contributed by atoms with van der Waals surface area (Å²) in [4.78, 5) is 14.7. The molecule has 0 aromatic heterocycles. The molecule has 0 atom stereocenters. The minimum atomic E-state index is -0.195. The van der Waals surface area contributed by atoms with E-state index in [2.05, 4.69) is 12.2 Å². The molecule has 0 radical (unpaired) electrons. The third-order valence-corrected chi connectivity index (χ3v) is 3.97. The Hall–Kier alpha value is -0.610. The fourth-order valence-corrected chi connectivity index (χ4v) is 2.96. The zero-order valence-electron chi connectivity index (χ0n) is 12.0. The first kappa shape index (κ1) is 15.4. The molecule has 4 nitrogen and oxygen atoms in total. The molecule has 4 heteroatoms. The summed E-state index contributed by atoms with van der Waals surface area (Å²) in [6.07, 6.45) is 3.85. The molecule has 1 fully saturated rings. The Morgan fingerprint density at radius 2 is 2.00 bits per heavy atom. The predicted octanol–water partition coefficient (Wildman–Crippen LogP) is 1.39. The molecule has 2 N–H and O–H groups in total. The molecular weight excluding hydrogens is 228 g/mol. The fraction of sp³-hybridized carbons (Fsp3) is 0.929. The second kappa shape index (κ2) is 7.10. The number of nitrogens with one attached hydrogen (secondary N) is 1. The first-order chi connectivity index (χ1) is 8.57. The molecular formula is C14H28N2O2. The topological polar surface area (TPSA) is 52.6 Å². The lowest BCUT2D eigenvalue weighted by atomic mass is 9.74. The maximum absolute atomic E-state index is 12.8. The summed E-state index contributed by atoms with van der Waals surface area (Å²) in [5, 5.41) is 12.5. The number of carbonyl (C=O) groups excluding carboxylic acids is 1. The molecule has 1 saturated heterocycles. The van der Waals surface area contributed by atoms with Gasteiger partial charge in [-0.3, -0.25) is 4.79 Å². The average molecular weight is 256 g/mol. The molecule has 0 aromatic rings. The van der Waals surface area contributed by atoms with Crippen LogP contribution in [-0.4, -0.2) is 48.2 Å². The number of nitrogens with zero attached hydrogens (tertiary/aromatic N) is 1. The molecule has 0 saturated carbocycles. The highest BCUT2D eigenvalue weighted by atomic mass is 16.3. The Bertz CT molecular complexity index is 255. The largest absolute Gasteiger partial charge is 0.395 e. The van der Waals surface area contributed by atoms with Crippen molar-refractivity contribution in [3.63, 3.8) is 0 Å². The first-order valence-electron chi connectivity index (χ1n) is 7.20. The Morgan fingerprint density at radius 1 is 1.39 bits per heavy atom. The van der Waals surface area contributed by atoms with Gasteiger partial charge < -0.3 is 15.3 Å². The molecule has 18 heavy (non-hydrogen) atoms. The van der Waals surface area contributed by atoms with Crippen LogP contribution in [0.15, 0.2) is 0 Å². The number of piperidine rings is 1. The van der Waals surface area contributed by atoms with Gasteiger partial charge in [0.25, 0.3) is 0 Å². The summed E-state index contributed by atoms with van der Waals surface area (Å²) in [7, 11) is 0. The molecule has 1 amide bonds. The molecule has 106 valence electrons. The van der Waals surface area contributed by atoms with Gasteiger partial charge in [0.15, 0.2) is 0 Å². The SMILES string of the molecule is CCCC1(C(=O)N(CCO)C(C)C)CCNCC1. The minimum Gasteiger partial charge on any atom is -0.395 e. The molecule has 1 heterocycles. The molecule has 0 unspecified atom stereocenters. The van der Waals surface area contributed by atoms with Crippen LogP contribution in [0.1, 0.15) is 46.5 Å². The van der Waals surface area contributed by atoms with Gasteiger partial charge in [0, 0.05) is 12.6 Å². The Balaban J connectivity index is 2.85. The second-order valence-corrected chi connectivity index (χ2v) is 5.60. The van der Waals surface area contributed by atoms with E-state index in [0.29, 0.717) is 6.54 Å². The zero-order valence-corrected chi connectivity index (χ0v) is 12.0. The van der Waals surface area contributed by atoms with E-state index in [1.54, 1.807) is 0 Å². The third-order valence-electron chi connectivity index (χ3n) is 3.97. The second-order valence-electron chi connectivity index (χ2n) is 5.60. The smallest absolute Gasteiger partial charge is 0.229 e. The minimum absolute atomic E-state index is 0.0460. The van der Waals surface area contributed by atoms with Crippen LogP contribution < -0.4 is 5.32 Å². The summed E-state index contributed by atoms with van der Waals surface area (Å²) in [5.74, 6) is 0.245. The van der Waals surface area contributed by atoms with Crippen molar-refractivity contribution in [1.29, 1.82) is 0 Å². The van der Waals surface area contributed by atoms with Gasteiger partial charge in [-0.05, 0) is 46.2 Å². The van der Waals surface area contributed by atoms with Crippen LogP contribution in [0.4, 0.5) is 0 Å². The number of amides is 1. The Labute approximate surface area is 111 Å². The van der Waals surface area contributed by atoms with E-state index in [0.717, 1.165) is 38.8 Å². The lowest BCUT2D eigenvalue weighted by Gasteiger charge is -2.41. The fourth-order valence-electron chi connectivity index (χ4n) is 2.96. The number of aliphatic hydroxyl groups is 1. The van der Waals surface area contributed by atoms with Crippen LogP contribution in [0.2, 0.25) is 0 Å². The summed E-state index contributed by atoms with van der Waals surface area (Å²) in [5.41, 5.74) is -0.195. The van der Waals surface area contributed by atoms with E-state index in [-0.39, 0.29) is 24.0 Å². The molecule has 1 aliphatic heterocycles. The highest BCUT2D eigenvalue weighted by Crippen LogP contribution is 2.36. The lowest BCUT2D eigenvalue weighted by Crippen LogP contribution is -2.52. The Morgan fingerprint density at radius 3 is 2.44 bits per heavy atom. The monoisotopic (exact) mass is 256 g/mol. The van der Waals surface area contributed by atoms with Gasteiger partial charge in [0.2, 0.25) is 5.91 Å². The van der Waals surface area contributed by atoms with Crippen molar-refractivity contribution < 1.29 is 9.90 Å². The highest BCUT2D eigenvalue weighted by Gasteiger charge is 2.41. The quantitative estimate of drug-likeness (QED) is 0.755. The normalized spacial score (nSPS) is 18.9. The molecule has 0 bridgehead atoms. The maximum Gasteiger partial charge on any atom is 0.229 e. The van der Waals surface area contributed by atoms with Gasteiger partial charge in [0.1, 0.15) is 0 Å². The maximum atomic E-state index is 12.8. The molecule has 0 aliphatic carbocycles. The summed E-state index contributed by atoms with van der Waals surface area (Å²) >= 11 is 0. The van der Waals surface area contributed by atoms with E-state index < -0.39 is 0 Å². The van der Waals surface area contributed by atoms with E-state index in [1.807, 2.05) is 18.7 Å². The lowest BCUT2D eigenvalue weighted by molar-refractivity contribution is -0.147. The predicted molar refractivity (Wildman–Crippen MR) is 73.4 cm³/mol. The van der Waals surface area contributed by atoms with Gasteiger partial charge in [0.05, 0.1) is 12.0 Å². The first-order valence-corrected chi connectivity index (χ1v) is 7.20. The molecule has 0 spiro atoms. The van der Waals surface area contributed by atoms with Gasteiger partial charge in [-0.1, -0.05) is 13.3 Å². The standard InChI is InChI=1S/C14H28N2O2/c1-4-5-14(6-8-15-9-7-14)13(18)16(10-11-17)12(2)3/h12,15,17H,4-11H2,1-3H3. The Kier molecular flexibility index (Phi) is 6.09. The third kappa shape index (κ3) is 3.45. The summed E-state index contributed by atoms with van der Waals surface area (Å²) < 4.78 is 0. The van der Waals surface area contributed by atoms with Crippen molar-refractivity contribution >= 4 is 5.91 Å². The van der Waals surface area contributed by atoms with Crippen molar-refractivity contribution in [3.05, 3.63) is 0 Å². The van der Waals surface area contributed by atoms with Crippen LogP contribution >= 0.6 is 0 Å². The van der Waals surface area contributed by atoms with Crippen LogP contribution in [0, 0.1) is 5.41 Å². The van der Waals surface area contributed by atoms with Crippen LogP contribution in [0.3, 0.4) is 0 Å². The van der Waals surface area contributed by atoms with Gasteiger partial charge >= 0.3 is 0 Å². The molecule has 1 aliphatic rings. The van der Waals surface area contributed by atoms with Gasteiger partial charge in [-0.15, -0.1) is 0 Å². The number of aliphatic hydroxyl groups excluding tert-OH is 1. The number of hydrogen-bond donors (Lipinski definition) is 2. The van der Waals surface area contributed by atoms with E-state index >= 15 is 0 Å². The summed E-state index contributed by atoms with van der Waals surface area (Å²) in [6.45, 7) is 8.54. The van der Waals surface area contributed by atoms with Crippen molar-refractivity contribution in [3.8, 4) is 0 Å². The molecule has 0 aromatic carbocycles. The highest BCUT2D eigenvalue weighted by molar-refractivity contribution is 5.83. The van der Waals surface area contributed by atoms with Gasteiger partial charge in [-0.25, -0.2) is 0 Å². The van der Waals surface area contributed by atoms with E-state index in [9.17, 15) is 4.79 Å². The van der Waals surface area contributed by atoms with Crippen molar-refractivity contribution in [2.75, 3.05) is 26.2 Å². The molecule has 1 rings (SSSR count). The zero-order chi connectivity index (χ0) is 13.6. The van der Waals surface area contributed by atoms with Crippen molar-refractivity contribution in [2.24, 2.45) is 5.41 Å². The summed E-state index contributed by atoms with van der Waals surface area (Å²) in [6, 6.07) is 0.160. The van der Waals surface area contributed by atoms with Crippen LogP contribution in [0.25, 0.3) is 0 Å². The number of hydrogen-bond acceptors (Lipinski definition) is 3. The van der Waals surface area contributed by atoms with E-state index in [4.69, 9.17) is 5.11 Å². The van der Waals surface area contributed by atoms with Crippen molar-refractivity contribution in [2.45, 2.75) is 52.5 Å². The average Bonchev–Trinajstić information content (AvgIpc) is 2.36. The number of carbonyl (C=O) groups is 1. The van der Waals surface area contributed by atoms with Crippen molar-refractivity contribution in [1.82, 2.24) is 10.2 Å². The van der Waals surface area contributed by atoms with Crippen LogP contribution in [-0.2, 0) is 4.79 Å².